The van der Waals surface area contributed by atoms with Crippen LogP contribution in [-0.4, -0.2) is 69.8 Å². The molecule has 0 aliphatic carbocycles. The van der Waals surface area contributed by atoms with E-state index in [0.717, 1.165) is 39.0 Å². The average Bonchev–Trinajstić information content (AvgIpc) is 3.22. The number of rotatable bonds is 4. The molecular formula is C21H31N5O2. The Bertz CT molecular complexity index is 730. The van der Waals surface area contributed by atoms with Gasteiger partial charge in [-0.05, 0) is 31.7 Å². The minimum atomic E-state index is -0.130. The van der Waals surface area contributed by atoms with Crippen molar-refractivity contribution in [2.75, 3.05) is 37.6 Å². The van der Waals surface area contributed by atoms with Crippen molar-refractivity contribution in [3.05, 3.63) is 18.5 Å². The Morgan fingerprint density at radius 3 is 2.50 bits per heavy atom. The first-order chi connectivity index (χ1) is 13.5. The molecule has 28 heavy (non-hydrogen) atoms. The topological polar surface area (TPSA) is 69.6 Å². The summed E-state index contributed by atoms with van der Waals surface area (Å²) < 4.78 is 0. The zero-order chi connectivity index (χ0) is 19.9. The zero-order valence-electron chi connectivity index (χ0n) is 17.2. The summed E-state index contributed by atoms with van der Waals surface area (Å²) in [5.41, 5.74) is -0.130. The second kappa shape index (κ2) is 7.33. The molecule has 1 aromatic heterocycles. The molecule has 0 N–H and O–H groups in total. The lowest BCUT2D eigenvalue weighted by atomic mass is 9.74. The number of hydrogen-bond acceptors (Lipinski definition) is 5. The lowest BCUT2D eigenvalue weighted by Gasteiger charge is -2.47. The molecule has 7 heteroatoms. The minimum Gasteiger partial charge on any atom is -0.343 e. The van der Waals surface area contributed by atoms with Crippen LogP contribution in [0.25, 0.3) is 0 Å². The number of hydrogen-bond donors (Lipinski definition) is 0. The highest BCUT2D eigenvalue weighted by molar-refractivity contribution is 5.85. The van der Waals surface area contributed by atoms with Gasteiger partial charge in [-0.2, -0.15) is 0 Å². The summed E-state index contributed by atoms with van der Waals surface area (Å²) in [6, 6.07) is 1.82. The van der Waals surface area contributed by atoms with Gasteiger partial charge in [0.25, 0.3) is 0 Å². The van der Waals surface area contributed by atoms with Gasteiger partial charge in [-0.3, -0.25) is 9.59 Å². The van der Waals surface area contributed by atoms with Gasteiger partial charge >= 0.3 is 0 Å². The molecule has 2 amide bonds. The monoisotopic (exact) mass is 385 g/mol. The number of aromatic nitrogens is 2. The first kappa shape index (κ1) is 19.2. The van der Waals surface area contributed by atoms with Gasteiger partial charge in [-0.1, -0.05) is 13.8 Å². The highest BCUT2D eigenvalue weighted by Gasteiger charge is 2.61. The van der Waals surface area contributed by atoms with Crippen molar-refractivity contribution in [2.24, 2.45) is 17.8 Å². The van der Waals surface area contributed by atoms with Gasteiger partial charge < -0.3 is 14.7 Å². The van der Waals surface area contributed by atoms with Crippen LogP contribution >= 0.6 is 0 Å². The van der Waals surface area contributed by atoms with E-state index < -0.39 is 0 Å². The Morgan fingerprint density at radius 2 is 1.89 bits per heavy atom. The van der Waals surface area contributed by atoms with Crippen LogP contribution in [0.2, 0.25) is 0 Å². The maximum atomic E-state index is 13.2. The molecule has 152 valence electrons. The van der Waals surface area contributed by atoms with Gasteiger partial charge in [-0.15, -0.1) is 0 Å². The summed E-state index contributed by atoms with van der Waals surface area (Å²) >= 11 is 0. The van der Waals surface area contributed by atoms with Crippen LogP contribution in [0.4, 0.5) is 5.95 Å². The molecule has 0 radical (unpaired) electrons. The number of amides is 2. The summed E-state index contributed by atoms with van der Waals surface area (Å²) in [4.78, 5) is 40.8. The van der Waals surface area contributed by atoms with Crippen LogP contribution in [0.15, 0.2) is 18.5 Å². The second-order valence-electron chi connectivity index (χ2n) is 8.83. The summed E-state index contributed by atoms with van der Waals surface area (Å²) in [6.07, 6.45) is 5.87. The maximum Gasteiger partial charge on any atom is 0.228 e. The van der Waals surface area contributed by atoms with Crippen LogP contribution in [0.3, 0.4) is 0 Å². The van der Waals surface area contributed by atoms with Gasteiger partial charge in [0.05, 0.1) is 11.5 Å². The van der Waals surface area contributed by atoms with Crippen molar-refractivity contribution in [1.29, 1.82) is 0 Å². The fourth-order valence-corrected chi connectivity index (χ4v) is 5.57. The summed E-state index contributed by atoms with van der Waals surface area (Å²) in [5.74, 6) is 1.91. The average molecular weight is 386 g/mol. The van der Waals surface area contributed by atoms with Crippen LogP contribution < -0.4 is 4.90 Å². The molecule has 0 saturated carbocycles. The van der Waals surface area contributed by atoms with Crippen LogP contribution in [0, 0.1) is 17.8 Å². The number of fused-ring (bicyclic) bond motifs is 2. The molecule has 4 heterocycles. The zero-order valence-corrected chi connectivity index (χ0v) is 17.2. The van der Waals surface area contributed by atoms with Gasteiger partial charge in [-0.25, -0.2) is 9.97 Å². The van der Waals surface area contributed by atoms with E-state index in [1.165, 1.54) is 0 Å². The van der Waals surface area contributed by atoms with Gasteiger partial charge in [0.15, 0.2) is 0 Å². The second-order valence-corrected chi connectivity index (χ2v) is 8.83. The Hall–Kier alpha value is -2.18. The third-order valence-corrected chi connectivity index (χ3v) is 6.85. The van der Waals surface area contributed by atoms with Crippen molar-refractivity contribution in [1.82, 2.24) is 19.8 Å². The molecule has 0 bridgehead atoms. The van der Waals surface area contributed by atoms with E-state index in [1.54, 1.807) is 12.4 Å². The van der Waals surface area contributed by atoms with Crippen LogP contribution in [0.1, 0.15) is 40.0 Å². The van der Waals surface area contributed by atoms with E-state index in [9.17, 15) is 9.59 Å². The van der Waals surface area contributed by atoms with E-state index >= 15 is 0 Å². The molecule has 3 aliphatic heterocycles. The Kier molecular flexibility index (Phi) is 5.02. The SMILES string of the molecule is CCN1C(=O)[C@H]2CN(c3ncccn3)C[C@H]2C12CCN(C(=O)CC(C)C)CC2. The van der Waals surface area contributed by atoms with Gasteiger partial charge in [0.1, 0.15) is 0 Å². The fourth-order valence-electron chi connectivity index (χ4n) is 5.57. The van der Waals surface area contributed by atoms with Crippen LogP contribution in [-0.2, 0) is 9.59 Å². The Balaban J connectivity index is 1.53. The number of likely N-dealkylation sites (tertiary alicyclic amines) is 2. The number of carbonyl (C=O) groups is 2. The summed E-state index contributed by atoms with van der Waals surface area (Å²) in [5, 5.41) is 0. The minimum absolute atomic E-state index is 0.0154. The van der Waals surface area contributed by atoms with Gasteiger partial charge in [0.2, 0.25) is 17.8 Å². The molecule has 3 aliphatic rings. The molecule has 3 fully saturated rings. The Morgan fingerprint density at radius 1 is 1.21 bits per heavy atom. The highest BCUT2D eigenvalue weighted by Crippen LogP contribution is 2.50. The highest BCUT2D eigenvalue weighted by atomic mass is 16.2. The lowest BCUT2D eigenvalue weighted by molar-refractivity contribution is -0.138. The van der Waals surface area contributed by atoms with E-state index in [2.05, 4.69) is 40.5 Å². The van der Waals surface area contributed by atoms with Crippen molar-refractivity contribution in [3.8, 4) is 0 Å². The van der Waals surface area contributed by atoms with E-state index in [1.807, 2.05) is 11.0 Å². The van der Waals surface area contributed by atoms with E-state index in [4.69, 9.17) is 0 Å². The molecule has 2 atom stereocenters. The van der Waals surface area contributed by atoms with Crippen molar-refractivity contribution in [3.63, 3.8) is 0 Å². The molecular weight excluding hydrogens is 354 g/mol. The number of piperidine rings is 1. The number of carbonyl (C=O) groups excluding carboxylic acids is 2. The van der Waals surface area contributed by atoms with Crippen LogP contribution in [0.5, 0.6) is 0 Å². The molecule has 0 unspecified atom stereocenters. The predicted octanol–water partition coefficient (Wildman–Crippen LogP) is 1.80. The molecule has 3 saturated heterocycles. The van der Waals surface area contributed by atoms with Gasteiger partial charge in [0, 0.05) is 57.5 Å². The van der Waals surface area contributed by atoms with Crippen molar-refractivity contribution >= 4 is 17.8 Å². The first-order valence-electron chi connectivity index (χ1n) is 10.6. The third-order valence-electron chi connectivity index (χ3n) is 6.85. The molecule has 7 nitrogen and oxygen atoms in total. The number of nitrogens with zero attached hydrogens (tertiary/aromatic N) is 5. The standard InChI is InChI=1S/C21H31N5O2/c1-4-26-19(28)16-13-25(20-22-8-5-9-23-20)14-17(16)21(26)6-10-24(11-7-21)18(27)12-15(2)3/h5,8-9,15-17H,4,6-7,10-14H2,1-3H3/t16-,17+/m0/s1. The smallest absolute Gasteiger partial charge is 0.228 e. The first-order valence-corrected chi connectivity index (χ1v) is 10.6. The summed E-state index contributed by atoms with van der Waals surface area (Å²) in [6.45, 7) is 10.0. The molecule has 0 aromatic carbocycles. The largest absolute Gasteiger partial charge is 0.343 e. The summed E-state index contributed by atoms with van der Waals surface area (Å²) in [7, 11) is 0. The molecule has 1 spiro atoms. The molecule has 1 aromatic rings. The Labute approximate surface area is 167 Å². The predicted molar refractivity (Wildman–Crippen MR) is 107 cm³/mol. The normalized spacial score (nSPS) is 26.4. The lowest BCUT2D eigenvalue weighted by Crippen LogP contribution is -2.58. The van der Waals surface area contributed by atoms with E-state index in [-0.39, 0.29) is 29.2 Å². The molecule has 4 rings (SSSR count). The van der Waals surface area contributed by atoms with Crippen molar-refractivity contribution < 1.29 is 9.59 Å². The number of anilines is 1. The quantitative estimate of drug-likeness (QED) is 0.790. The maximum absolute atomic E-state index is 13.2. The van der Waals surface area contributed by atoms with Crippen molar-refractivity contribution in [2.45, 2.75) is 45.6 Å². The third kappa shape index (κ3) is 3.05. The van der Waals surface area contributed by atoms with E-state index in [0.29, 0.717) is 24.8 Å². The fraction of sp³-hybridized carbons (Fsp3) is 0.714.